The lowest BCUT2D eigenvalue weighted by atomic mass is 9.78. The average molecular weight is 895 g/mol. The molecular weight excluding hydrogens is 849 g/mol. The molecule has 15 rings (SSSR count). The van der Waals surface area contributed by atoms with E-state index in [9.17, 15) is 0 Å². The molecule has 70 heavy (non-hydrogen) atoms. The minimum atomic E-state index is -0.307. The summed E-state index contributed by atoms with van der Waals surface area (Å²) in [6.07, 6.45) is 0. The zero-order chi connectivity index (χ0) is 46.6. The Labute approximate surface area is 406 Å². The number of benzene rings is 11. The molecule has 0 saturated carbocycles. The summed E-state index contributed by atoms with van der Waals surface area (Å²) >= 11 is 0. The molecular formula is C68H46O2. The third-order valence-corrected chi connectivity index (χ3v) is 16.2. The molecule has 0 atom stereocenters. The van der Waals surface area contributed by atoms with Crippen molar-refractivity contribution in [3.63, 3.8) is 0 Å². The molecule has 0 amide bonds. The molecule has 330 valence electrons. The molecule has 0 bridgehead atoms. The largest absolute Gasteiger partial charge is 0.455 e. The Morgan fingerprint density at radius 1 is 0.286 bits per heavy atom. The van der Waals surface area contributed by atoms with Crippen molar-refractivity contribution in [3.05, 3.63) is 229 Å². The van der Waals surface area contributed by atoms with Gasteiger partial charge in [-0.25, -0.2) is 0 Å². The zero-order valence-corrected chi connectivity index (χ0v) is 39.4. The van der Waals surface area contributed by atoms with Crippen molar-refractivity contribution in [2.45, 2.75) is 38.5 Å². The second-order valence-corrected chi connectivity index (χ2v) is 20.8. The minimum absolute atomic E-state index is 0.307. The van der Waals surface area contributed by atoms with Gasteiger partial charge in [-0.05, 0) is 160 Å². The molecule has 0 unspecified atom stereocenters. The van der Waals surface area contributed by atoms with E-state index in [4.69, 9.17) is 8.83 Å². The Morgan fingerprint density at radius 3 is 1.04 bits per heavy atom. The SMILES string of the molecule is CC1(C)c2cc3c(cc2-c2c1cc(-c1ccc4cc(-c5ccccc5)ccc4c1)c1oc4ccccc4c21)C(C)(C)c1cc(-c2ccc4cc(-c5ccccc5)ccc4c2)c2oc4ccccc4c2c1-3. The Hall–Kier alpha value is -8.46. The second kappa shape index (κ2) is 14.1. The number of para-hydroxylation sites is 2. The van der Waals surface area contributed by atoms with E-state index in [2.05, 4.69) is 234 Å². The summed E-state index contributed by atoms with van der Waals surface area (Å²) in [4.78, 5) is 0. The minimum Gasteiger partial charge on any atom is -0.455 e. The lowest BCUT2D eigenvalue weighted by Gasteiger charge is -2.24. The van der Waals surface area contributed by atoms with Crippen molar-refractivity contribution < 1.29 is 8.83 Å². The van der Waals surface area contributed by atoms with Crippen LogP contribution in [-0.2, 0) is 10.8 Å². The highest BCUT2D eigenvalue weighted by atomic mass is 16.3. The van der Waals surface area contributed by atoms with Crippen LogP contribution in [0.15, 0.2) is 215 Å². The van der Waals surface area contributed by atoms with Gasteiger partial charge < -0.3 is 8.83 Å². The van der Waals surface area contributed by atoms with Crippen LogP contribution in [0.1, 0.15) is 49.9 Å². The van der Waals surface area contributed by atoms with E-state index < -0.39 is 0 Å². The first-order chi connectivity index (χ1) is 34.2. The van der Waals surface area contributed by atoms with Gasteiger partial charge in [-0.1, -0.05) is 173 Å². The monoisotopic (exact) mass is 894 g/mol. The fourth-order valence-electron chi connectivity index (χ4n) is 12.6. The summed E-state index contributed by atoms with van der Waals surface area (Å²) < 4.78 is 14.0. The molecule has 2 nitrogen and oxygen atoms in total. The van der Waals surface area contributed by atoms with Gasteiger partial charge in [0.2, 0.25) is 0 Å². The molecule has 2 aliphatic carbocycles. The van der Waals surface area contributed by atoms with Gasteiger partial charge in [0.25, 0.3) is 0 Å². The van der Waals surface area contributed by atoms with Crippen LogP contribution in [0, 0.1) is 0 Å². The Bertz CT molecular complexity index is 4100. The van der Waals surface area contributed by atoms with Crippen LogP contribution in [0.3, 0.4) is 0 Å². The molecule has 11 aromatic carbocycles. The van der Waals surface area contributed by atoms with Gasteiger partial charge in [0.1, 0.15) is 22.3 Å². The number of rotatable bonds is 4. The number of hydrogen-bond donors (Lipinski definition) is 0. The maximum absolute atomic E-state index is 7.00. The molecule has 0 N–H and O–H groups in total. The molecule has 2 aromatic heterocycles. The molecule has 0 saturated heterocycles. The summed E-state index contributed by atoms with van der Waals surface area (Å²) in [6.45, 7) is 9.68. The summed E-state index contributed by atoms with van der Waals surface area (Å²) in [5, 5.41) is 9.55. The molecule has 2 heteroatoms. The molecule has 0 spiro atoms. The molecule has 0 aliphatic heterocycles. The number of furan rings is 2. The van der Waals surface area contributed by atoms with Crippen molar-refractivity contribution in [2.75, 3.05) is 0 Å². The predicted molar refractivity (Wildman–Crippen MR) is 293 cm³/mol. The number of hydrogen-bond acceptors (Lipinski definition) is 2. The highest BCUT2D eigenvalue weighted by Crippen LogP contribution is 2.61. The van der Waals surface area contributed by atoms with Gasteiger partial charge in [-0.2, -0.15) is 0 Å². The van der Waals surface area contributed by atoms with E-state index in [0.717, 1.165) is 55.4 Å². The van der Waals surface area contributed by atoms with Crippen LogP contribution < -0.4 is 0 Å². The van der Waals surface area contributed by atoms with E-state index in [-0.39, 0.29) is 10.8 Å². The van der Waals surface area contributed by atoms with Gasteiger partial charge >= 0.3 is 0 Å². The Balaban J connectivity index is 0.923. The fraction of sp³-hybridized carbons (Fsp3) is 0.0882. The quantitative estimate of drug-likeness (QED) is 0.176. The lowest BCUT2D eigenvalue weighted by Crippen LogP contribution is -2.17. The Kier molecular flexibility index (Phi) is 7.94. The Morgan fingerprint density at radius 2 is 0.629 bits per heavy atom. The molecule has 0 fully saturated rings. The first-order valence-corrected chi connectivity index (χ1v) is 24.6. The van der Waals surface area contributed by atoms with Gasteiger partial charge in [-0.15, -0.1) is 0 Å². The van der Waals surface area contributed by atoms with Crippen LogP contribution in [0.25, 0.3) is 132 Å². The van der Waals surface area contributed by atoms with Crippen molar-refractivity contribution in [2.24, 2.45) is 0 Å². The first-order valence-electron chi connectivity index (χ1n) is 24.6. The summed E-state index contributed by atoms with van der Waals surface area (Å²) in [6, 6.07) is 75.9. The van der Waals surface area contributed by atoms with Gasteiger partial charge in [0.15, 0.2) is 0 Å². The lowest BCUT2D eigenvalue weighted by molar-refractivity contribution is 0.650. The van der Waals surface area contributed by atoms with Crippen molar-refractivity contribution >= 4 is 65.4 Å². The van der Waals surface area contributed by atoms with E-state index in [1.807, 2.05) is 0 Å². The third-order valence-electron chi connectivity index (χ3n) is 16.2. The molecule has 13 aromatic rings. The van der Waals surface area contributed by atoms with Crippen molar-refractivity contribution in [1.29, 1.82) is 0 Å². The van der Waals surface area contributed by atoms with Crippen LogP contribution >= 0.6 is 0 Å². The van der Waals surface area contributed by atoms with Crippen LogP contribution in [0.5, 0.6) is 0 Å². The maximum atomic E-state index is 7.00. The van der Waals surface area contributed by atoms with Crippen LogP contribution in [-0.4, -0.2) is 0 Å². The maximum Gasteiger partial charge on any atom is 0.143 e. The zero-order valence-electron chi connectivity index (χ0n) is 39.4. The van der Waals surface area contributed by atoms with Crippen molar-refractivity contribution in [3.8, 4) is 66.8 Å². The van der Waals surface area contributed by atoms with E-state index >= 15 is 0 Å². The highest BCUT2D eigenvalue weighted by Gasteiger charge is 2.44. The van der Waals surface area contributed by atoms with E-state index in [0.29, 0.717) is 0 Å². The molecule has 2 aliphatic rings. The highest BCUT2D eigenvalue weighted by molar-refractivity contribution is 6.21. The van der Waals surface area contributed by atoms with Crippen LogP contribution in [0.4, 0.5) is 0 Å². The van der Waals surface area contributed by atoms with E-state index in [1.54, 1.807) is 0 Å². The smallest absolute Gasteiger partial charge is 0.143 e. The average Bonchev–Trinajstić information content (AvgIpc) is 4.10. The van der Waals surface area contributed by atoms with Gasteiger partial charge in [-0.3, -0.25) is 0 Å². The van der Waals surface area contributed by atoms with Crippen LogP contribution in [0.2, 0.25) is 0 Å². The normalized spacial score (nSPS) is 14.2. The molecule has 0 radical (unpaired) electrons. The fourth-order valence-corrected chi connectivity index (χ4v) is 12.6. The topological polar surface area (TPSA) is 26.3 Å². The third kappa shape index (κ3) is 5.45. The second-order valence-electron chi connectivity index (χ2n) is 20.8. The van der Waals surface area contributed by atoms with Gasteiger partial charge in [0.05, 0.1) is 0 Å². The predicted octanol–water partition coefficient (Wildman–Crippen LogP) is 19.1. The number of fused-ring (bicyclic) bond motifs is 16. The standard InChI is InChI=1S/C68H46O2/c1-67(2)55-37-54-56(38-53(55)61-57(67)35-51(65-63(61)49-19-11-13-21-59(49)69-65)47-29-27-43-31-41(23-25-45(43)33-47)39-15-7-5-8-16-39)68(3,4)58-36-52(66-64(62(54)58)50-20-12-14-22-60(50)70-66)48-30-28-44-32-42(24-26-46(44)34-48)40-17-9-6-10-18-40/h5-38H,1-4H3. The van der Waals surface area contributed by atoms with E-state index in [1.165, 1.54) is 99.1 Å². The van der Waals surface area contributed by atoms with Crippen molar-refractivity contribution in [1.82, 2.24) is 0 Å². The molecule has 2 heterocycles. The summed E-state index contributed by atoms with van der Waals surface area (Å²) in [5.74, 6) is 0. The first kappa shape index (κ1) is 39.5. The summed E-state index contributed by atoms with van der Waals surface area (Å²) in [7, 11) is 0. The van der Waals surface area contributed by atoms with Gasteiger partial charge in [0, 0.05) is 43.5 Å². The summed E-state index contributed by atoms with van der Waals surface area (Å²) in [5.41, 5.74) is 23.1.